The van der Waals surface area contributed by atoms with Crippen molar-refractivity contribution < 1.29 is 8.78 Å². The van der Waals surface area contributed by atoms with Crippen LogP contribution < -0.4 is 5.32 Å². The minimum absolute atomic E-state index is 0.327. The van der Waals surface area contributed by atoms with Crippen molar-refractivity contribution in [3.05, 3.63) is 34.4 Å². The molecule has 1 N–H and O–H groups in total. The number of benzene rings is 1. The molecule has 82 valence electrons. The molecule has 1 nitrogen and oxygen atoms in total. The second-order valence-electron chi connectivity index (χ2n) is 4.12. The highest BCUT2D eigenvalue weighted by Gasteiger charge is 2.31. The lowest BCUT2D eigenvalue weighted by atomic mass is 9.90. The van der Waals surface area contributed by atoms with Gasteiger partial charge in [0.15, 0.2) is 0 Å². The van der Waals surface area contributed by atoms with Crippen molar-refractivity contribution in [1.82, 2.24) is 5.32 Å². The molecule has 1 aromatic rings. The summed E-state index contributed by atoms with van der Waals surface area (Å²) in [4.78, 5) is 0. The van der Waals surface area contributed by atoms with E-state index < -0.39 is 16.7 Å². The van der Waals surface area contributed by atoms with Crippen LogP contribution in [0, 0.1) is 11.6 Å². The summed E-state index contributed by atoms with van der Waals surface area (Å²) in [7, 11) is 0. The molecule has 0 bridgehead atoms. The zero-order valence-electron chi connectivity index (χ0n) is 8.41. The van der Waals surface area contributed by atoms with E-state index in [0.29, 0.717) is 5.56 Å². The predicted molar refractivity (Wildman–Crippen MR) is 56.0 cm³/mol. The van der Waals surface area contributed by atoms with E-state index in [2.05, 4.69) is 5.32 Å². The summed E-state index contributed by atoms with van der Waals surface area (Å²) in [6.07, 6.45) is 1.90. The van der Waals surface area contributed by atoms with Crippen molar-refractivity contribution in [2.75, 3.05) is 6.54 Å². The van der Waals surface area contributed by atoms with Crippen LogP contribution in [0.1, 0.15) is 25.3 Å². The Bertz CT molecular complexity index is 363. The molecule has 0 aromatic heterocycles. The molecule has 15 heavy (non-hydrogen) atoms. The first-order chi connectivity index (χ1) is 7.03. The van der Waals surface area contributed by atoms with Gasteiger partial charge in [-0.25, -0.2) is 8.78 Å². The number of halogens is 3. The summed E-state index contributed by atoms with van der Waals surface area (Å²) < 4.78 is 26.5. The highest BCUT2D eigenvalue weighted by atomic mass is 35.5. The molecule has 1 aliphatic rings. The van der Waals surface area contributed by atoms with Crippen molar-refractivity contribution in [3.8, 4) is 0 Å². The minimum Gasteiger partial charge on any atom is -0.308 e. The molecule has 0 saturated carbocycles. The second kappa shape index (κ2) is 3.72. The fraction of sp³-hybridized carbons (Fsp3) is 0.455. The van der Waals surface area contributed by atoms with Gasteiger partial charge >= 0.3 is 0 Å². The number of rotatable bonds is 1. The molecule has 2 rings (SSSR count). The van der Waals surface area contributed by atoms with Crippen LogP contribution >= 0.6 is 11.6 Å². The average molecular weight is 232 g/mol. The largest absolute Gasteiger partial charge is 0.308 e. The van der Waals surface area contributed by atoms with Gasteiger partial charge in [0.2, 0.25) is 0 Å². The lowest BCUT2D eigenvalue weighted by molar-refractivity contribution is 0.427. The van der Waals surface area contributed by atoms with Crippen LogP contribution in [0.15, 0.2) is 12.1 Å². The lowest BCUT2D eigenvalue weighted by Crippen LogP contribution is -2.33. The van der Waals surface area contributed by atoms with Crippen molar-refractivity contribution in [2.24, 2.45) is 0 Å². The quantitative estimate of drug-likeness (QED) is 0.732. The third-order valence-electron chi connectivity index (χ3n) is 2.99. The van der Waals surface area contributed by atoms with E-state index in [1.807, 2.05) is 6.92 Å². The van der Waals surface area contributed by atoms with E-state index in [0.717, 1.165) is 19.4 Å². The maximum absolute atomic E-state index is 13.3. The van der Waals surface area contributed by atoms with Crippen LogP contribution in [0.3, 0.4) is 0 Å². The molecule has 0 radical (unpaired) electrons. The Hall–Kier alpha value is -0.670. The van der Waals surface area contributed by atoms with Gasteiger partial charge in [0.05, 0.1) is 0 Å². The molecule has 1 heterocycles. The van der Waals surface area contributed by atoms with Crippen LogP contribution in [-0.2, 0) is 5.54 Å². The average Bonchev–Trinajstić information content (AvgIpc) is 2.62. The van der Waals surface area contributed by atoms with Gasteiger partial charge in [-0.2, -0.15) is 0 Å². The fourth-order valence-electron chi connectivity index (χ4n) is 2.02. The Kier molecular flexibility index (Phi) is 2.69. The first-order valence-corrected chi connectivity index (χ1v) is 5.31. The normalized spacial score (nSPS) is 25.9. The van der Waals surface area contributed by atoms with E-state index in [4.69, 9.17) is 11.6 Å². The van der Waals surface area contributed by atoms with Gasteiger partial charge in [-0.3, -0.25) is 0 Å². The maximum atomic E-state index is 13.3. The monoisotopic (exact) mass is 231 g/mol. The zero-order valence-corrected chi connectivity index (χ0v) is 9.17. The third kappa shape index (κ3) is 1.86. The van der Waals surface area contributed by atoms with Crippen LogP contribution in [0.5, 0.6) is 0 Å². The second-order valence-corrected chi connectivity index (χ2v) is 4.49. The highest BCUT2D eigenvalue weighted by molar-refractivity contribution is 6.30. The summed E-state index contributed by atoms with van der Waals surface area (Å²) in [5.74, 6) is -1.39. The Labute approximate surface area is 92.4 Å². The molecule has 1 fully saturated rings. The smallest absolute Gasteiger partial charge is 0.145 e. The van der Waals surface area contributed by atoms with Crippen molar-refractivity contribution >= 4 is 11.6 Å². The van der Waals surface area contributed by atoms with Crippen LogP contribution in [0.2, 0.25) is 5.02 Å². The summed E-state index contributed by atoms with van der Waals surface area (Å²) in [5, 5.41) is 2.82. The van der Waals surface area contributed by atoms with E-state index >= 15 is 0 Å². The van der Waals surface area contributed by atoms with Gasteiger partial charge in [0.25, 0.3) is 0 Å². The fourth-order valence-corrected chi connectivity index (χ4v) is 2.12. The van der Waals surface area contributed by atoms with Gasteiger partial charge in [0, 0.05) is 5.54 Å². The minimum atomic E-state index is -0.693. The maximum Gasteiger partial charge on any atom is 0.145 e. The molecular formula is C11H12ClF2N. The Morgan fingerprint density at radius 2 is 1.93 bits per heavy atom. The standard InChI is InChI=1S/C11H12ClF2N/c1-11(3-2-4-15-11)7-5-8(13)10(12)9(14)6-7/h5-6,15H,2-4H2,1H3. The lowest BCUT2D eigenvalue weighted by Gasteiger charge is -2.25. The topological polar surface area (TPSA) is 12.0 Å². The summed E-state index contributed by atoms with van der Waals surface area (Å²) in [6, 6.07) is 2.62. The predicted octanol–water partition coefficient (Wildman–Crippen LogP) is 3.22. The first-order valence-electron chi connectivity index (χ1n) is 4.93. The molecule has 1 atom stereocenters. The van der Waals surface area contributed by atoms with Gasteiger partial charge in [-0.1, -0.05) is 11.6 Å². The molecule has 1 unspecified atom stereocenters. The molecule has 1 aromatic carbocycles. The third-order valence-corrected chi connectivity index (χ3v) is 3.35. The number of hydrogen-bond donors (Lipinski definition) is 1. The molecule has 1 aliphatic heterocycles. The Balaban J connectivity index is 2.45. The van der Waals surface area contributed by atoms with Gasteiger partial charge < -0.3 is 5.32 Å². The molecule has 0 aliphatic carbocycles. The van der Waals surface area contributed by atoms with Crippen LogP contribution in [-0.4, -0.2) is 6.54 Å². The van der Waals surface area contributed by atoms with Gasteiger partial charge in [-0.15, -0.1) is 0 Å². The van der Waals surface area contributed by atoms with E-state index in [1.165, 1.54) is 12.1 Å². The molecular weight excluding hydrogens is 220 g/mol. The molecule has 0 amide bonds. The Morgan fingerprint density at radius 3 is 2.40 bits per heavy atom. The molecule has 4 heteroatoms. The summed E-state index contributed by atoms with van der Waals surface area (Å²) in [5.41, 5.74) is 0.297. The van der Waals surface area contributed by atoms with Crippen LogP contribution in [0.4, 0.5) is 8.78 Å². The Morgan fingerprint density at radius 1 is 1.33 bits per heavy atom. The zero-order chi connectivity index (χ0) is 11.1. The highest BCUT2D eigenvalue weighted by Crippen LogP contribution is 2.33. The van der Waals surface area contributed by atoms with Crippen molar-refractivity contribution in [3.63, 3.8) is 0 Å². The summed E-state index contributed by atoms with van der Waals surface area (Å²) in [6.45, 7) is 2.82. The molecule has 0 spiro atoms. The van der Waals surface area contributed by atoms with E-state index in [-0.39, 0.29) is 5.54 Å². The number of hydrogen-bond acceptors (Lipinski definition) is 1. The van der Waals surface area contributed by atoms with Crippen molar-refractivity contribution in [2.45, 2.75) is 25.3 Å². The van der Waals surface area contributed by atoms with Crippen molar-refractivity contribution in [1.29, 1.82) is 0 Å². The summed E-state index contributed by atoms with van der Waals surface area (Å²) >= 11 is 5.43. The molecule has 1 saturated heterocycles. The number of nitrogens with one attached hydrogen (secondary N) is 1. The first kappa shape index (κ1) is 10.8. The van der Waals surface area contributed by atoms with Crippen LogP contribution in [0.25, 0.3) is 0 Å². The SMILES string of the molecule is CC1(c2cc(F)c(Cl)c(F)c2)CCCN1. The van der Waals surface area contributed by atoms with E-state index in [1.54, 1.807) is 0 Å². The van der Waals surface area contributed by atoms with Gasteiger partial charge in [0.1, 0.15) is 16.7 Å². The van der Waals surface area contributed by atoms with E-state index in [9.17, 15) is 8.78 Å². The van der Waals surface area contributed by atoms with Gasteiger partial charge in [-0.05, 0) is 44.0 Å².